The topological polar surface area (TPSA) is 74.6 Å². The van der Waals surface area contributed by atoms with E-state index < -0.39 is 9.84 Å². The molecule has 0 heterocycles. The minimum Gasteiger partial charge on any atom is -0.508 e. The lowest BCUT2D eigenvalue weighted by Gasteiger charge is -2.17. The molecule has 0 atom stereocenters. The van der Waals surface area contributed by atoms with Crippen LogP contribution in [0.2, 0.25) is 0 Å². The van der Waals surface area contributed by atoms with Crippen LogP contribution in [0.1, 0.15) is 33.4 Å². The van der Waals surface area contributed by atoms with Crippen LogP contribution >= 0.6 is 0 Å². The first-order valence-electron chi connectivity index (χ1n) is 7.34. The van der Waals surface area contributed by atoms with Gasteiger partial charge in [0, 0.05) is 0 Å². The minimum atomic E-state index is -3.84. The van der Waals surface area contributed by atoms with Crippen molar-refractivity contribution in [2.45, 2.75) is 51.3 Å². The fraction of sp³-hybridized carbons (Fsp3) is 0.333. The lowest BCUT2D eigenvalue weighted by atomic mass is 10.0. The lowest BCUT2D eigenvalue weighted by Crippen LogP contribution is -2.09. The molecule has 0 aliphatic carbocycles. The van der Waals surface area contributed by atoms with E-state index in [2.05, 4.69) is 0 Å². The minimum absolute atomic E-state index is 0.0441. The number of sulfone groups is 1. The number of hydrogen-bond donors (Lipinski definition) is 2. The molecule has 0 saturated carbocycles. The number of hydrogen-bond acceptors (Lipinski definition) is 4. The van der Waals surface area contributed by atoms with E-state index in [0.717, 1.165) is 11.1 Å². The molecule has 0 bridgehead atoms. The van der Waals surface area contributed by atoms with Crippen molar-refractivity contribution >= 4 is 9.84 Å². The zero-order valence-electron chi connectivity index (χ0n) is 14.3. The Morgan fingerprint density at radius 3 is 1.22 bits per heavy atom. The van der Waals surface area contributed by atoms with Crippen molar-refractivity contribution < 1.29 is 18.6 Å². The highest BCUT2D eigenvalue weighted by Crippen LogP contribution is 2.36. The van der Waals surface area contributed by atoms with Gasteiger partial charge in [-0.15, -0.1) is 0 Å². The third kappa shape index (κ3) is 2.59. The second-order valence-corrected chi connectivity index (χ2v) is 7.93. The highest BCUT2D eigenvalue weighted by Gasteiger charge is 2.26. The van der Waals surface area contributed by atoms with Crippen molar-refractivity contribution in [3.05, 3.63) is 45.5 Å². The van der Waals surface area contributed by atoms with Crippen molar-refractivity contribution in [1.82, 2.24) is 0 Å². The van der Waals surface area contributed by atoms with Crippen LogP contribution in [-0.2, 0) is 9.84 Å². The van der Waals surface area contributed by atoms with Crippen LogP contribution in [0, 0.1) is 41.5 Å². The molecule has 0 radical (unpaired) electrons. The van der Waals surface area contributed by atoms with Crippen molar-refractivity contribution in [3.63, 3.8) is 0 Å². The molecule has 2 rings (SSSR count). The van der Waals surface area contributed by atoms with Crippen LogP contribution in [0.5, 0.6) is 11.5 Å². The van der Waals surface area contributed by atoms with E-state index in [9.17, 15) is 18.6 Å². The van der Waals surface area contributed by atoms with Crippen LogP contribution in [0.3, 0.4) is 0 Å². The van der Waals surface area contributed by atoms with Crippen LogP contribution in [0.15, 0.2) is 21.9 Å². The summed E-state index contributed by atoms with van der Waals surface area (Å²) in [5.41, 5.74) is 4.04. The summed E-state index contributed by atoms with van der Waals surface area (Å²) < 4.78 is 26.2. The smallest absolute Gasteiger partial charge is 0.207 e. The Balaban J connectivity index is 2.85. The van der Waals surface area contributed by atoms with Crippen molar-refractivity contribution in [2.24, 2.45) is 0 Å². The normalized spacial score (nSPS) is 11.7. The predicted molar refractivity (Wildman–Crippen MR) is 90.1 cm³/mol. The van der Waals surface area contributed by atoms with Gasteiger partial charge in [0.05, 0.1) is 9.79 Å². The molecule has 5 heteroatoms. The van der Waals surface area contributed by atoms with Crippen LogP contribution < -0.4 is 0 Å². The summed E-state index contributed by atoms with van der Waals surface area (Å²) in [6.45, 7) is 10.5. The second-order valence-electron chi connectivity index (χ2n) is 6.04. The number of benzene rings is 2. The van der Waals surface area contributed by atoms with E-state index in [-0.39, 0.29) is 21.3 Å². The molecule has 23 heavy (non-hydrogen) atoms. The van der Waals surface area contributed by atoms with E-state index in [4.69, 9.17) is 0 Å². The maximum Gasteiger partial charge on any atom is 0.207 e. The van der Waals surface area contributed by atoms with Crippen molar-refractivity contribution in [3.8, 4) is 11.5 Å². The predicted octanol–water partition coefficient (Wildman–Crippen LogP) is 3.78. The largest absolute Gasteiger partial charge is 0.508 e. The summed E-state index contributed by atoms with van der Waals surface area (Å²) in [7, 11) is -3.84. The zero-order chi connectivity index (χ0) is 17.7. The van der Waals surface area contributed by atoms with Gasteiger partial charge in [0.15, 0.2) is 0 Å². The number of phenolic OH excluding ortho intramolecular Hbond substituents is 2. The van der Waals surface area contributed by atoms with Gasteiger partial charge >= 0.3 is 0 Å². The van der Waals surface area contributed by atoms with E-state index >= 15 is 0 Å². The Bertz CT molecular complexity index is 840. The molecule has 4 nitrogen and oxygen atoms in total. The molecular formula is C18H22O4S. The number of aromatic hydroxyl groups is 2. The van der Waals surface area contributed by atoms with Crippen LogP contribution in [-0.4, -0.2) is 18.6 Å². The Kier molecular flexibility index (Phi) is 4.20. The third-order valence-corrected chi connectivity index (χ3v) is 6.88. The second kappa shape index (κ2) is 5.57. The molecule has 0 aromatic heterocycles. The van der Waals surface area contributed by atoms with Gasteiger partial charge in [-0.3, -0.25) is 0 Å². The molecule has 2 N–H and O–H groups in total. The molecule has 0 saturated heterocycles. The summed E-state index contributed by atoms with van der Waals surface area (Å²) >= 11 is 0. The van der Waals surface area contributed by atoms with E-state index in [1.54, 1.807) is 41.5 Å². The summed E-state index contributed by atoms with van der Waals surface area (Å²) in [6.07, 6.45) is 0. The van der Waals surface area contributed by atoms with Gasteiger partial charge in [-0.05, 0) is 87.1 Å². The molecule has 124 valence electrons. The Morgan fingerprint density at radius 1 is 0.609 bits per heavy atom. The molecule has 2 aromatic carbocycles. The van der Waals surface area contributed by atoms with E-state index in [1.807, 2.05) is 0 Å². The van der Waals surface area contributed by atoms with E-state index in [0.29, 0.717) is 22.3 Å². The molecule has 0 aliphatic heterocycles. The SMILES string of the molecule is Cc1c(O)cc(S(=O)(=O)c2cc(O)c(C)c(C)c2C)c(C)c1C. The Labute approximate surface area is 137 Å². The molecule has 0 fully saturated rings. The van der Waals surface area contributed by atoms with Crippen LogP contribution in [0.4, 0.5) is 0 Å². The Morgan fingerprint density at radius 2 is 0.913 bits per heavy atom. The zero-order valence-corrected chi connectivity index (χ0v) is 15.1. The average molecular weight is 334 g/mol. The third-order valence-electron chi connectivity index (χ3n) is 4.87. The maximum absolute atomic E-state index is 13.1. The summed E-state index contributed by atoms with van der Waals surface area (Å²) in [5.74, 6) is -0.0882. The Hall–Kier alpha value is -2.01. The molecule has 0 aliphatic rings. The standard InChI is InChI=1S/C18H22O4S/c1-9-11(3)15(19)7-17(13(9)5)23(21,22)18-8-16(20)12(4)10(2)14(18)6/h7-8,19-20H,1-6H3. The summed E-state index contributed by atoms with van der Waals surface area (Å²) in [5, 5.41) is 20.0. The number of phenols is 2. The van der Waals surface area contributed by atoms with Crippen molar-refractivity contribution in [2.75, 3.05) is 0 Å². The molecule has 0 spiro atoms. The van der Waals surface area contributed by atoms with Gasteiger partial charge in [-0.2, -0.15) is 0 Å². The number of rotatable bonds is 2. The molecule has 0 amide bonds. The molecular weight excluding hydrogens is 312 g/mol. The first-order valence-corrected chi connectivity index (χ1v) is 8.83. The monoisotopic (exact) mass is 334 g/mol. The first-order chi connectivity index (χ1) is 10.5. The van der Waals surface area contributed by atoms with Gasteiger partial charge in [0.25, 0.3) is 0 Å². The maximum atomic E-state index is 13.1. The van der Waals surface area contributed by atoms with Gasteiger partial charge in [-0.1, -0.05) is 0 Å². The van der Waals surface area contributed by atoms with Gasteiger partial charge in [-0.25, -0.2) is 8.42 Å². The van der Waals surface area contributed by atoms with E-state index in [1.165, 1.54) is 12.1 Å². The highest BCUT2D eigenvalue weighted by molar-refractivity contribution is 7.91. The molecule has 2 aromatic rings. The fourth-order valence-corrected chi connectivity index (χ4v) is 4.56. The average Bonchev–Trinajstić information content (AvgIpc) is 2.49. The van der Waals surface area contributed by atoms with Crippen molar-refractivity contribution in [1.29, 1.82) is 0 Å². The quantitative estimate of drug-likeness (QED) is 0.876. The first kappa shape index (κ1) is 17.3. The summed E-state index contributed by atoms with van der Waals surface area (Å²) in [4.78, 5) is 0.146. The lowest BCUT2D eigenvalue weighted by molar-refractivity contribution is 0.467. The van der Waals surface area contributed by atoms with Gasteiger partial charge in [0.1, 0.15) is 11.5 Å². The van der Waals surface area contributed by atoms with Gasteiger partial charge < -0.3 is 10.2 Å². The van der Waals surface area contributed by atoms with Crippen LogP contribution in [0.25, 0.3) is 0 Å². The fourth-order valence-electron chi connectivity index (χ4n) is 2.67. The molecule has 0 unspecified atom stereocenters. The van der Waals surface area contributed by atoms with Gasteiger partial charge in [0.2, 0.25) is 9.84 Å². The summed E-state index contributed by atoms with van der Waals surface area (Å²) in [6, 6.07) is 2.58. The highest BCUT2D eigenvalue weighted by atomic mass is 32.2.